The number of benzene rings is 1. The molecule has 1 aromatic rings. The number of nitrogens with zero attached hydrogens (tertiary/aromatic N) is 2. The first kappa shape index (κ1) is 11.8. The van der Waals surface area contributed by atoms with E-state index in [1.54, 1.807) is 23.1 Å². The molecule has 0 aromatic heterocycles. The zero-order valence-electron chi connectivity index (χ0n) is 9.26. The molecule has 1 aliphatic rings. The number of amides is 1. The van der Waals surface area contributed by atoms with Gasteiger partial charge in [0.1, 0.15) is 0 Å². The normalized spacial score (nSPS) is 19.4. The first-order valence-corrected chi connectivity index (χ1v) is 5.99. The summed E-state index contributed by atoms with van der Waals surface area (Å²) in [4.78, 5) is 13.5. The molecule has 0 bridgehead atoms. The van der Waals surface area contributed by atoms with Crippen molar-refractivity contribution in [2.24, 2.45) is 5.92 Å². The summed E-state index contributed by atoms with van der Waals surface area (Å²) in [5.41, 5.74) is 7.53. The third-order valence-corrected chi connectivity index (χ3v) is 3.43. The van der Waals surface area contributed by atoms with Gasteiger partial charge in [0.05, 0.1) is 23.0 Å². The molecule has 1 atom stereocenters. The molecule has 0 saturated carbocycles. The SMILES string of the molecule is N#Cc1ccc(N2CC(CS)CC2=O)c(N)c1. The number of hydrogen-bond acceptors (Lipinski definition) is 4. The van der Waals surface area contributed by atoms with Crippen LogP contribution in [0.2, 0.25) is 0 Å². The third kappa shape index (κ3) is 2.22. The lowest BCUT2D eigenvalue weighted by molar-refractivity contribution is -0.117. The molecule has 88 valence electrons. The Morgan fingerprint density at radius 3 is 2.88 bits per heavy atom. The Balaban J connectivity index is 2.29. The van der Waals surface area contributed by atoms with Crippen LogP contribution in [0.25, 0.3) is 0 Å². The van der Waals surface area contributed by atoms with Gasteiger partial charge in [-0.05, 0) is 29.9 Å². The lowest BCUT2D eigenvalue weighted by atomic mass is 10.1. The molecule has 1 amide bonds. The smallest absolute Gasteiger partial charge is 0.227 e. The van der Waals surface area contributed by atoms with Crippen LogP contribution in [-0.4, -0.2) is 18.2 Å². The van der Waals surface area contributed by atoms with Crippen molar-refractivity contribution < 1.29 is 4.79 Å². The van der Waals surface area contributed by atoms with E-state index >= 15 is 0 Å². The van der Waals surface area contributed by atoms with Crippen LogP contribution in [0.5, 0.6) is 0 Å². The average Bonchev–Trinajstić information content (AvgIpc) is 2.70. The minimum atomic E-state index is 0.0699. The lowest BCUT2D eigenvalue weighted by Crippen LogP contribution is -2.25. The highest BCUT2D eigenvalue weighted by Gasteiger charge is 2.30. The van der Waals surface area contributed by atoms with Crippen LogP contribution in [0.3, 0.4) is 0 Å². The molecule has 1 heterocycles. The van der Waals surface area contributed by atoms with Crippen LogP contribution in [0.1, 0.15) is 12.0 Å². The first-order chi connectivity index (χ1) is 8.15. The Labute approximate surface area is 105 Å². The quantitative estimate of drug-likeness (QED) is 0.613. The van der Waals surface area contributed by atoms with Gasteiger partial charge in [-0.2, -0.15) is 17.9 Å². The van der Waals surface area contributed by atoms with E-state index in [0.29, 0.717) is 35.7 Å². The van der Waals surface area contributed by atoms with E-state index in [0.717, 1.165) is 0 Å². The minimum Gasteiger partial charge on any atom is -0.397 e. The predicted octanol–water partition coefficient (Wildman–Crippen LogP) is 1.42. The molecule has 0 aliphatic carbocycles. The summed E-state index contributed by atoms with van der Waals surface area (Å²) in [6.07, 6.45) is 0.517. The van der Waals surface area contributed by atoms with E-state index in [1.165, 1.54) is 0 Å². The Morgan fingerprint density at radius 1 is 1.59 bits per heavy atom. The number of carbonyl (C=O) groups excluding carboxylic acids is 1. The van der Waals surface area contributed by atoms with Crippen molar-refractivity contribution in [2.75, 3.05) is 22.9 Å². The number of hydrogen-bond donors (Lipinski definition) is 2. The van der Waals surface area contributed by atoms with Gasteiger partial charge in [-0.1, -0.05) is 0 Å². The van der Waals surface area contributed by atoms with Gasteiger partial charge < -0.3 is 10.6 Å². The van der Waals surface area contributed by atoms with E-state index < -0.39 is 0 Å². The van der Waals surface area contributed by atoms with Gasteiger partial charge in [0, 0.05) is 13.0 Å². The van der Waals surface area contributed by atoms with Crippen LogP contribution in [0.15, 0.2) is 18.2 Å². The molecule has 1 unspecified atom stereocenters. The maximum absolute atomic E-state index is 11.8. The van der Waals surface area contributed by atoms with Crippen molar-refractivity contribution in [2.45, 2.75) is 6.42 Å². The summed E-state index contributed by atoms with van der Waals surface area (Å²) < 4.78 is 0. The van der Waals surface area contributed by atoms with Crippen LogP contribution in [0.4, 0.5) is 11.4 Å². The Bertz CT molecular complexity index is 495. The Hall–Kier alpha value is -1.67. The highest BCUT2D eigenvalue weighted by molar-refractivity contribution is 7.80. The molecule has 17 heavy (non-hydrogen) atoms. The molecule has 0 spiro atoms. The number of nitrogens with two attached hydrogens (primary N) is 1. The van der Waals surface area contributed by atoms with Crippen molar-refractivity contribution in [3.63, 3.8) is 0 Å². The third-order valence-electron chi connectivity index (χ3n) is 2.91. The molecule has 1 saturated heterocycles. The summed E-state index contributed by atoms with van der Waals surface area (Å²) in [5, 5.41) is 8.75. The van der Waals surface area contributed by atoms with Crippen LogP contribution in [0, 0.1) is 17.2 Å². The molecule has 1 aliphatic heterocycles. The van der Waals surface area contributed by atoms with Gasteiger partial charge in [-0.25, -0.2) is 0 Å². The van der Waals surface area contributed by atoms with Crippen molar-refractivity contribution in [3.05, 3.63) is 23.8 Å². The molecule has 1 fully saturated rings. The Morgan fingerprint density at radius 2 is 2.35 bits per heavy atom. The fraction of sp³-hybridized carbons (Fsp3) is 0.333. The zero-order valence-corrected chi connectivity index (χ0v) is 10.2. The minimum absolute atomic E-state index is 0.0699. The molecule has 1 aromatic carbocycles. The maximum atomic E-state index is 11.8. The molecule has 4 nitrogen and oxygen atoms in total. The summed E-state index contributed by atoms with van der Waals surface area (Å²) in [5.74, 6) is 1.04. The fourth-order valence-electron chi connectivity index (χ4n) is 2.01. The second-order valence-electron chi connectivity index (χ2n) is 4.14. The highest BCUT2D eigenvalue weighted by Crippen LogP contribution is 2.30. The zero-order chi connectivity index (χ0) is 12.4. The van der Waals surface area contributed by atoms with Gasteiger partial charge >= 0.3 is 0 Å². The summed E-state index contributed by atoms with van der Waals surface area (Å²) in [6.45, 7) is 0.651. The van der Waals surface area contributed by atoms with E-state index in [1.807, 2.05) is 6.07 Å². The van der Waals surface area contributed by atoms with Crippen molar-refractivity contribution in [3.8, 4) is 6.07 Å². The van der Waals surface area contributed by atoms with Crippen LogP contribution < -0.4 is 10.6 Å². The first-order valence-electron chi connectivity index (χ1n) is 5.36. The largest absolute Gasteiger partial charge is 0.397 e. The van der Waals surface area contributed by atoms with Gasteiger partial charge in [0.2, 0.25) is 5.91 Å². The molecular weight excluding hydrogens is 234 g/mol. The van der Waals surface area contributed by atoms with Gasteiger partial charge in [0.15, 0.2) is 0 Å². The van der Waals surface area contributed by atoms with E-state index in [2.05, 4.69) is 12.6 Å². The van der Waals surface area contributed by atoms with E-state index in [4.69, 9.17) is 11.0 Å². The second-order valence-corrected chi connectivity index (χ2v) is 4.51. The highest BCUT2D eigenvalue weighted by atomic mass is 32.1. The number of nitriles is 1. The topological polar surface area (TPSA) is 70.1 Å². The average molecular weight is 247 g/mol. The van der Waals surface area contributed by atoms with Crippen molar-refractivity contribution in [1.82, 2.24) is 0 Å². The molecule has 5 heteroatoms. The van der Waals surface area contributed by atoms with Crippen LogP contribution >= 0.6 is 12.6 Å². The number of thiol groups is 1. The maximum Gasteiger partial charge on any atom is 0.227 e. The predicted molar refractivity (Wildman–Crippen MR) is 69.9 cm³/mol. The fourth-order valence-corrected chi connectivity index (χ4v) is 2.25. The van der Waals surface area contributed by atoms with Crippen molar-refractivity contribution in [1.29, 1.82) is 5.26 Å². The number of anilines is 2. The number of nitrogen functional groups attached to an aromatic ring is 1. The lowest BCUT2D eigenvalue weighted by Gasteiger charge is -2.18. The van der Waals surface area contributed by atoms with Gasteiger partial charge in [-0.15, -0.1) is 0 Å². The summed E-state index contributed by atoms with van der Waals surface area (Å²) in [7, 11) is 0. The second kappa shape index (κ2) is 4.68. The van der Waals surface area contributed by atoms with E-state index in [-0.39, 0.29) is 11.8 Å². The summed E-state index contributed by atoms with van der Waals surface area (Å²) in [6, 6.07) is 7.02. The van der Waals surface area contributed by atoms with Gasteiger partial charge in [-0.3, -0.25) is 4.79 Å². The Kier molecular flexibility index (Phi) is 3.25. The number of carbonyl (C=O) groups is 1. The molecule has 2 rings (SSSR count). The molecule has 2 N–H and O–H groups in total. The van der Waals surface area contributed by atoms with Crippen molar-refractivity contribution >= 4 is 29.9 Å². The molecular formula is C12H13N3OS. The molecule has 0 radical (unpaired) electrons. The van der Waals surface area contributed by atoms with E-state index in [9.17, 15) is 4.79 Å². The van der Waals surface area contributed by atoms with Crippen LogP contribution in [-0.2, 0) is 4.79 Å². The van der Waals surface area contributed by atoms with Gasteiger partial charge in [0.25, 0.3) is 0 Å². The monoisotopic (exact) mass is 247 g/mol. The number of rotatable bonds is 2. The summed E-state index contributed by atoms with van der Waals surface area (Å²) >= 11 is 4.21. The standard InChI is InChI=1S/C12H13N3OS/c13-5-8-1-2-11(10(14)3-8)15-6-9(7-17)4-12(15)16/h1-3,9,17H,4,6-7,14H2.